The molecule has 0 fully saturated rings. The van der Waals surface area contributed by atoms with Crippen molar-refractivity contribution in [2.45, 2.75) is 12.2 Å². The zero-order valence-corrected chi connectivity index (χ0v) is 10.5. The normalized spacial score (nSPS) is 14.6. The minimum atomic E-state index is -0.682. The molecule has 96 valence electrons. The number of aliphatic hydroxyl groups is 2. The van der Waals surface area contributed by atoms with Gasteiger partial charge >= 0.3 is 0 Å². The molecule has 0 saturated heterocycles. The highest BCUT2D eigenvalue weighted by Crippen LogP contribution is 2.21. The number of benzene rings is 1. The highest BCUT2D eigenvalue weighted by molar-refractivity contribution is 6.31. The van der Waals surface area contributed by atoms with E-state index in [1.54, 1.807) is 12.1 Å². The van der Waals surface area contributed by atoms with E-state index in [1.165, 1.54) is 7.11 Å². The maximum atomic E-state index is 9.88. The van der Waals surface area contributed by atoms with Crippen LogP contribution in [0.4, 0.5) is 0 Å². The molecule has 0 heterocycles. The van der Waals surface area contributed by atoms with E-state index in [2.05, 4.69) is 5.32 Å². The van der Waals surface area contributed by atoms with Crippen LogP contribution < -0.4 is 5.32 Å². The fraction of sp³-hybridized carbons (Fsp3) is 0.500. The van der Waals surface area contributed by atoms with E-state index in [0.717, 1.165) is 0 Å². The number of hydrogen-bond donors (Lipinski definition) is 3. The molecule has 2 unspecified atom stereocenters. The summed E-state index contributed by atoms with van der Waals surface area (Å²) in [6, 6.07) is 7.15. The van der Waals surface area contributed by atoms with E-state index in [9.17, 15) is 10.2 Å². The summed E-state index contributed by atoms with van der Waals surface area (Å²) in [5.41, 5.74) is 0.683. The second-order valence-corrected chi connectivity index (χ2v) is 4.21. The second-order valence-electron chi connectivity index (χ2n) is 3.80. The summed E-state index contributed by atoms with van der Waals surface area (Å²) in [4.78, 5) is 0. The van der Waals surface area contributed by atoms with Gasteiger partial charge in [0.25, 0.3) is 0 Å². The summed E-state index contributed by atoms with van der Waals surface area (Å²) < 4.78 is 4.79. The summed E-state index contributed by atoms with van der Waals surface area (Å²) in [5.74, 6) is 0. The minimum absolute atomic E-state index is 0.273. The van der Waals surface area contributed by atoms with E-state index in [4.69, 9.17) is 16.3 Å². The molecule has 0 aliphatic rings. The lowest BCUT2D eigenvalue weighted by Crippen LogP contribution is -2.32. The summed E-state index contributed by atoms with van der Waals surface area (Å²) >= 11 is 5.95. The smallest absolute Gasteiger partial charge is 0.0928 e. The lowest BCUT2D eigenvalue weighted by molar-refractivity contribution is 0.0616. The largest absolute Gasteiger partial charge is 0.389 e. The molecular weight excluding hydrogens is 242 g/mol. The molecule has 0 saturated carbocycles. The van der Waals surface area contributed by atoms with Gasteiger partial charge in [-0.2, -0.15) is 0 Å². The van der Waals surface area contributed by atoms with Crippen molar-refractivity contribution in [3.63, 3.8) is 0 Å². The van der Waals surface area contributed by atoms with Crippen LogP contribution in [0.3, 0.4) is 0 Å². The number of rotatable bonds is 7. The number of aliphatic hydroxyl groups excluding tert-OH is 2. The number of nitrogens with one attached hydrogen (secondary N) is 1. The van der Waals surface area contributed by atoms with Crippen LogP contribution in [-0.4, -0.2) is 43.1 Å². The molecular formula is C12H18ClNO3. The molecule has 0 aromatic heterocycles. The predicted octanol–water partition coefficient (Wildman–Crippen LogP) is 0.970. The van der Waals surface area contributed by atoms with Crippen LogP contribution in [0.25, 0.3) is 0 Å². The summed E-state index contributed by atoms with van der Waals surface area (Å²) in [6.45, 7) is 0.981. The van der Waals surface area contributed by atoms with E-state index >= 15 is 0 Å². The van der Waals surface area contributed by atoms with Gasteiger partial charge in [-0.3, -0.25) is 0 Å². The van der Waals surface area contributed by atoms with Crippen molar-refractivity contribution in [1.82, 2.24) is 5.32 Å². The van der Waals surface area contributed by atoms with E-state index in [1.807, 2.05) is 12.1 Å². The Labute approximate surface area is 106 Å². The minimum Gasteiger partial charge on any atom is -0.389 e. The van der Waals surface area contributed by atoms with Crippen molar-refractivity contribution >= 4 is 11.6 Å². The second kappa shape index (κ2) is 7.63. The van der Waals surface area contributed by atoms with Gasteiger partial charge in [0.05, 0.1) is 18.8 Å². The van der Waals surface area contributed by atoms with Gasteiger partial charge in [-0.15, -0.1) is 0 Å². The topological polar surface area (TPSA) is 61.7 Å². The Morgan fingerprint density at radius 2 is 2.00 bits per heavy atom. The third-order valence-corrected chi connectivity index (χ3v) is 2.69. The molecule has 0 bridgehead atoms. The summed E-state index contributed by atoms with van der Waals surface area (Å²) in [7, 11) is 1.53. The molecule has 3 N–H and O–H groups in total. The van der Waals surface area contributed by atoms with Gasteiger partial charge in [-0.1, -0.05) is 29.8 Å². The highest BCUT2D eigenvalue weighted by Gasteiger charge is 2.11. The van der Waals surface area contributed by atoms with Gasteiger partial charge < -0.3 is 20.3 Å². The van der Waals surface area contributed by atoms with Gasteiger partial charge in [0.2, 0.25) is 0 Å². The van der Waals surface area contributed by atoms with Gasteiger partial charge in [0.1, 0.15) is 0 Å². The van der Waals surface area contributed by atoms with Crippen LogP contribution in [0.1, 0.15) is 11.7 Å². The first-order valence-corrected chi connectivity index (χ1v) is 5.83. The van der Waals surface area contributed by atoms with Crippen LogP contribution in [-0.2, 0) is 4.74 Å². The first-order chi connectivity index (χ1) is 8.15. The van der Waals surface area contributed by atoms with Crippen molar-refractivity contribution in [3.8, 4) is 0 Å². The monoisotopic (exact) mass is 259 g/mol. The number of hydrogen-bond acceptors (Lipinski definition) is 4. The van der Waals surface area contributed by atoms with Crippen molar-refractivity contribution in [2.24, 2.45) is 0 Å². The Kier molecular flexibility index (Phi) is 6.47. The molecule has 4 nitrogen and oxygen atoms in total. The van der Waals surface area contributed by atoms with Gasteiger partial charge in [0, 0.05) is 30.8 Å². The average molecular weight is 260 g/mol. The Morgan fingerprint density at radius 1 is 1.29 bits per heavy atom. The summed E-state index contributed by atoms with van der Waals surface area (Å²) in [6.07, 6.45) is -1.25. The molecule has 0 spiro atoms. The molecule has 1 rings (SSSR count). The fourth-order valence-corrected chi connectivity index (χ4v) is 1.75. The Hall–Kier alpha value is -0.650. The van der Waals surface area contributed by atoms with E-state index < -0.39 is 12.2 Å². The number of halogens is 1. The molecule has 17 heavy (non-hydrogen) atoms. The molecule has 0 radical (unpaired) electrons. The molecule has 2 atom stereocenters. The zero-order chi connectivity index (χ0) is 12.7. The zero-order valence-electron chi connectivity index (χ0n) is 9.77. The van der Waals surface area contributed by atoms with Crippen molar-refractivity contribution in [1.29, 1.82) is 0 Å². The number of methoxy groups -OCH3 is 1. The Bertz CT molecular complexity index is 335. The molecule has 0 aliphatic heterocycles. The summed E-state index contributed by atoms with van der Waals surface area (Å²) in [5, 5.41) is 22.8. The number of ether oxygens (including phenoxy) is 1. The van der Waals surface area contributed by atoms with Crippen LogP contribution in [0.15, 0.2) is 24.3 Å². The first kappa shape index (κ1) is 14.4. The predicted molar refractivity (Wildman–Crippen MR) is 67.2 cm³/mol. The molecule has 1 aromatic rings. The SMILES string of the molecule is COCC(O)CNCC(O)c1ccccc1Cl. The maximum absolute atomic E-state index is 9.88. The van der Waals surface area contributed by atoms with E-state index in [-0.39, 0.29) is 6.61 Å². The van der Waals surface area contributed by atoms with Crippen molar-refractivity contribution in [3.05, 3.63) is 34.9 Å². The molecule has 1 aromatic carbocycles. The lowest BCUT2D eigenvalue weighted by Gasteiger charge is -2.15. The first-order valence-electron chi connectivity index (χ1n) is 5.45. The molecule has 0 amide bonds. The van der Waals surface area contributed by atoms with Crippen LogP contribution in [0.2, 0.25) is 5.02 Å². The third kappa shape index (κ3) is 5.02. The third-order valence-electron chi connectivity index (χ3n) is 2.34. The van der Waals surface area contributed by atoms with Crippen molar-refractivity contribution in [2.75, 3.05) is 26.8 Å². The standard InChI is InChI=1S/C12H18ClNO3/c1-17-8-9(15)6-14-7-12(16)10-4-2-3-5-11(10)13/h2-5,9,12,14-16H,6-8H2,1H3. The maximum Gasteiger partial charge on any atom is 0.0928 e. The molecule has 5 heteroatoms. The molecule has 0 aliphatic carbocycles. The average Bonchev–Trinajstić information content (AvgIpc) is 2.29. The quantitative estimate of drug-likeness (QED) is 0.683. The van der Waals surface area contributed by atoms with Crippen molar-refractivity contribution < 1.29 is 14.9 Å². The van der Waals surface area contributed by atoms with Gasteiger partial charge in [0.15, 0.2) is 0 Å². The van der Waals surface area contributed by atoms with Crippen LogP contribution in [0, 0.1) is 0 Å². The Balaban J connectivity index is 2.35. The lowest BCUT2D eigenvalue weighted by atomic mass is 10.1. The van der Waals surface area contributed by atoms with E-state index in [0.29, 0.717) is 23.7 Å². The van der Waals surface area contributed by atoms with Crippen LogP contribution >= 0.6 is 11.6 Å². The van der Waals surface area contributed by atoms with Gasteiger partial charge in [-0.05, 0) is 6.07 Å². The fourth-order valence-electron chi connectivity index (χ4n) is 1.49. The highest BCUT2D eigenvalue weighted by atomic mass is 35.5. The van der Waals surface area contributed by atoms with Crippen LogP contribution in [0.5, 0.6) is 0 Å². The van der Waals surface area contributed by atoms with Gasteiger partial charge in [-0.25, -0.2) is 0 Å². The Morgan fingerprint density at radius 3 is 2.65 bits per heavy atom.